The molecule has 0 saturated carbocycles. The van der Waals surface area contributed by atoms with Crippen LogP contribution in [0.25, 0.3) is 10.8 Å². The number of anilines is 1. The number of rotatable bonds is 11. The molecule has 0 spiro atoms. The summed E-state index contributed by atoms with van der Waals surface area (Å²) in [6.07, 6.45) is 2.95. The second kappa shape index (κ2) is 13.6. The number of nitrogens with zero attached hydrogens (tertiary/aromatic N) is 1. The Morgan fingerprint density at radius 1 is 0.878 bits per heavy atom. The van der Waals surface area contributed by atoms with E-state index < -0.39 is 25.9 Å². The van der Waals surface area contributed by atoms with Crippen LogP contribution in [-0.2, 0) is 20.6 Å². The molecule has 41 heavy (non-hydrogen) atoms. The Morgan fingerprint density at radius 2 is 1.51 bits per heavy atom. The smallest absolute Gasteiger partial charge is 0.407 e. The van der Waals surface area contributed by atoms with Gasteiger partial charge in [-0.3, -0.25) is 9.78 Å². The van der Waals surface area contributed by atoms with Crippen molar-refractivity contribution >= 4 is 36.8 Å². The van der Waals surface area contributed by atoms with Gasteiger partial charge in [0.05, 0.1) is 12.5 Å². The number of ether oxygens (including phenoxy) is 1. The van der Waals surface area contributed by atoms with Crippen molar-refractivity contribution in [3.63, 3.8) is 0 Å². The zero-order chi connectivity index (χ0) is 30.4. The summed E-state index contributed by atoms with van der Waals surface area (Å²) in [5.74, 6) is -0.842. The van der Waals surface area contributed by atoms with Gasteiger partial charge < -0.3 is 19.8 Å². The third kappa shape index (κ3) is 8.39. The van der Waals surface area contributed by atoms with Gasteiger partial charge in [0.1, 0.15) is 5.60 Å². The Hall–Kier alpha value is -3.23. The number of benzene rings is 2. The van der Waals surface area contributed by atoms with Gasteiger partial charge in [0.2, 0.25) is 14.2 Å². The minimum absolute atomic E-state index is 0.0954. The highest BCUT2D eigenvalue weighted by molar-refractivity contribution is 6.77. The molecular weight excluding hydrogens is 530 g/mol. The van der Waals surface area contributed by atoms with Crippen LogP contribution in [0.4, 0.5) is 10.5 Å². The Bertz CT molecular complexity index is 1290. The van der Waals surface area contributed by atoms with E-state index in [1.54, 1.807) is 12.4 Å². The van der Waals surface area contributed by atoms with Crippen molar-refractivity contribution in [3.05, 3.63) is 72.1 Å². The predicted molar refractivity (Wildman–Crippen MR) is 170 cm³/mol. The molecule has 8 heteroatoms. The first kappa shape index (κ1) is 32.3. The second-order valence-electron chi connectivity index (χ2n) is 12.7. The maximum absolute atomic E-state index is 13.6. The largest absolute Gasteiger partial charge is 0.444 e. The van der Waals surface area contributed by atoms with Crippen molar-refractivity contribution in [1.29, 1.82) is 0 Å². The van der Waals surface area contributed by atoms with Gasteiger partial charge in [-0.05, 0) is 72.1 Å². The van der Waals surface area contributed by atoms with Crippen LogP contribution >= 0.6 is 0 Å². The zero-order valence-corrected chi connectivity index (χ0v) is 27.1. The van der Waals surface area contributed by atoms with Crippen LogP contribution in [0, 0.1) is 0 Å². The van der Waals surface area contributed by atoms with E-state index in [4.69, 9.17) is 9.16 Å². The molecule has 1 unspecified atom stereocenters. The van der Waals surface area contributed by atoms with E-state index >= 15 is 0 Å². The van der Waals surface area contributed by atoms with E-state index in [0.29, 0.717) is 28.9 Å². The number of hydrogen-bond acceptors (Lipinski definition) is 5. The zero-order valence-electron chi connectivity index (χ0n) is 26.1. The normalized spacial score (nSPS) is 13.1. The van der Waals surface area contributed by atoms with E-state index in [0.717, 1.165) is 21.9 Å². The first-order chi connectivity index (χ1) is 19.2. The predicted octanol–water partition coefficient (Wildman–Crippen LogP) is 8.17. The van der Waals surface area contributed by atoms with Gasteiger partial charge in [-0.25, -0.2) is 4.79 Å². The van der Waals surface area contributed by atoms with Crippen LogP contribution < -0.4 is 10.6 Å². The minimum atomic E-state index is -2.00. The topological polar surface area (TPSA) is 89.5 Å². The highest BCUT2D eigenvalue weighted by Gasteiger charge is 2.45. The molecule has 0 bridgehead atoms. The number of carbonyl (C=O) groups is 2. The molecule has 7 nitrogen and oxygen atoms in total. The van der Waals surface area contributed by atoms with Crippen molar-refractivity contribution < 1.29 is 18.8 Å². The molecule has 222 valence electrons. The molecule has 2 N–H and O–H groups in total. The molecule has 0 fully saturated rings. The Morgan fingerprint density at radius 3 is 2.10 bits per heavy atom. The number of fused-ring (bicyclic) bond motifs is 1. The molecule has 0 aliphatic carbocycles. The lowest BCUT2D eigenvalue weighted by molar-refractivity contribution is -0.117. The summed E-state index contributed by atoms with van der Waals surface area (Å²) in [5.41, 5.74) is 3.41. The number of carbonyl (C=O) groups excluding carboxylic acids is 2. The number of aromatic nitrogens is 1. The molecule has 0 radical (unpaired) electrons. The average Bonchev–Trinajstić information content (AvgIpc) is 2.88. The molecule has 0 aliphatic heterocycles. The van der Waals surface area contributed by atoms with Crippen molar-refractivity contribution in [1.82, 2.24) is 10.3 Å². The van der Waals surface area contributed by atoms with E-state index in [9.17, 15) is 9.59 Å². The first-order valence-electron chi connectivity index (χ1n) is 14.6. The number of hydrogen-bond donors (Lipinski definition) is 2. The van der Waals surface area contributed by atoms with Crippen molar-refractivity contribution in [2.45, 2.75) is 97.1 Å². The van der Waals surface area contributed by atoms with Gasteiger partial charge in [-0.1, -0.05) is 71.9 Å². The maximum atomic E-state index is 13.6. The first-order valence-corrected chi connectivity index (χ1v) is 16.7. The van der Waals surface area contributed by atoms with Gasteiger partial charge in [-0.2, -0.15) is 0 Å². The summed E-state index contributed by atoms with van der Waals surface area (Å²) in [6, 6.07) is 15.6. The van der Waals surface area contributed by atoms with Crippen LogP contribution in [0.15, 0.2) is 60.9 Å². The summed E-state index contributed by atoms with van der Waals surface area (Å²) < 4.78 is 12.2. The molecule has 1 atom stereocenters. The number of nitrogens with one attached hydrogen (secondary N) is 2. The minimum Gasteiger partial charge on any atom is -0.444 e. The Labute approximate surface area is 246 Å². The summed E-state index contributed by atoms with van der Waals surface area (Å²) >= 11 is 0. The lowest BCUT2D eigenvalue weighted by Crippen LogP contribution is -2.47. The van der Waals surface area contributed by atoms with Crippen LogP contribution in [0.5, 0.6) is 0 Å². The van der Waals surface area contributed by atoms with Crippen LogP contribution in [0.2, 0.25) is 16.6 Å². The lowest BCUT2D eigenvalue weighted by Gasteiger charge is -2.42. The fourth-order valence-corrected chi connectivity index (χ4v) is 11.2. The summed E-state index contributed by atoms with van der Waals surface area (Å²) in [5, 5.41) is 7.79. The third-order valence-corrected chi connectivity index (χ3v) is 13.7. The molecule has 0 aliphatic rings. The Kier molecular flexibility index (Phi) is 10.7. The fraction of sp³-hybridized carbons (Fsp3) is 0.485. The molecule has 1 aromatic heterocycles. The summed E-state index contributed by atoms with van der Waals surface area (Å²) in [7, 11) is -2.00. The fourth-order valence-electron chi connectivity index (χ4n) is 5.81. The second-order valence-corrected chi connectivity index (χ2v) is 18.2. The highest BCUT2D eigenvalue weighted by atomic mass is 28.4. The van der Waals surface area contributed by atoms with Gasteiger partial charge in [0.25, 0.3) is 0 Å². The van der Waals surface area contributed by atoms with Crippen LogP contribution in [0.3, 0.4) is 0 Å². The quantitative estimate of drug-likeness (QED) is 0.224. The van der Waals surface area contributed by atoms with Gasteiger partial charge in [0, 0.05) is 30.0 Å². The van der Waals surface area contributed by atoms with E-state index in [1.807, 2.05) is 69.3 Å². The van der Waals surface area contributed by atoms with Crippen LogP contribution in [-0.4, -0.2) is 37.4 Å². The highest BCUT2D eigenvalue weighted by Crippen LogP contribution is 2.42. The van der Waals surface area contributed by atoms with Gasteiger partial charge >= 0.3 is 6.09 Å². The number of pyridine rings is 1. The molecule has 3 aromatic rings. The third-order valence-electron chi connectivity index (χ3n) is 7.65. The summed E-state index contributed by atoms with van der Waals surface area (Å²) in [6.45, 7) is 19.7. The van der Waals surface area contributed by atoms with Gasteiger partial charge in [-0.15, -0.1) is 0 Å². The van der Waals surface area contributed by atoms with E-state index in [1.165, 1.54) is 0 Å². The standard InChI is InChI=1S/C33H47N3O4Si/c1-22(2)41(23(3)4,24(5)6)39-21-25-10-12-26(13-11-25)30(20-35-32(38)40-33(7,8)9)31(37)36-29-15-14-28-19-34-17-16-27(28)18-29/h10-19,22-24,30H,20-21H2,1-9H3,(H,35,38)(H,36,37). The molecule has 0 saturated heterocycles. The molecule has 3 rings (SSSR count). The molecule has 1 heterocycles. The SMILES string of the molecule is CC(C)[Si](OCc1ccc(C(CNC(=O)OC(C)(C)C)C(=O)Nc2ccc3cnccc3c2)cc1)(C(C)C)C(C)C. The van der Waals surface area contributed by atoms with Gasteiger partial charge in [0.15, 0.2) is 0 Å². The number of alkyl carbamates (subject to hydrolysis) is 1. The van der Waals surface area contributed by atoms with Crippen LogP contribution in [0.1, 0.15) is 79.4 Å². The monoisotopic (exact) mass is 577 g/mol. The summed E-state index contributed by atoms with van der Waals surface area (Å²) in [4.78, 5) is 30.2. The molecule has 2 amide bonds. The molecular formula is C33H47N3O4Si. The molecule has 2 aromatic carbocycles. The van der Waals surface area contributed by atoms with E-state index in [2.05, 4.69) is 57.2 Å². The Balaban J connectivity index is 1.81. The van der Waals surface area contributed by atoms with Crippen molar-refractivity contribution in [3.8, 4) is 0 Å². The number of amides is 2. The maximum Gasteiger partial charge on any atom is 0.407 e. The van der Waals surface area contributed by atoms with Crippen molar-refractivity contribution in [2.24, 2.45) is 0 Å². The lowest BCUT2D eigenvalue weighted by atomic mass is 9.96. The van der Waals surface area contributed by atoms with E-state index in [-0.39, 0.29) is 12.5 Å². The van der Waals surface area contributed by atoms with Crippen molar-refractivity contribution in [2.75, 3.05) is 11.9 Å². The average molecular weight is 578 g/mol.